The monoisotopic (exact) mass is 268 g/mol. The smallest absolute Gasteiger partial charge is 0.125 e. The van der Waals surface area contributed by atoms with E-state index in [2.05, 4.69) is 6.92 Å². The predicted molar refractivity (Wildman–Crippen MR) is 74.3 cm³/mol. The molecule has 0 bridgehead atoms. The van der Waals surface area contributed by atoms with Gasteiger partial charge in [-0.3, -0.25) is 0 Å². The van der Waals surface area contributed by atoms with Crippen molar-refractivity contribution in [2.45, 2.75) is 38.9 Å². The number of unbranched alkanes of at least 4 members (excludes halogenated alkanes) is 1. The van der Waals surface area contributed by atoms with E-state index in [0.717, 1.165) is 18.4 Å². The Morgan fingerprint density at radius 1 is 1.16 bits per heavy atom. The summed E-state index contributed by atoms with van der Waals surface area (Å²) in [6.45, 7) is 4.88. The molecule has 0 aliphatic carbocycles. The summed E-state index contributed by atoms with van der Waals surface area (Å²) >= 11 is 0. The molecule has 0 spiro atoms. The molecule has 4 nitrogen and oxygen atoms in total. The first-order chi connectivity index (χ1) is 9.15. The van der Waals surface area contributed by atoms with Gasteiger partial charge < -0.3 is 19.7 Å². The Labute approximate surface area is 115 Å². The van der Waals surface area contributed by atoms with Crippen LogP contribution in [0.2, 0.25) is 0 Å². The minimum absolute atomic E-state index is 0.163. The van der Waals surface area contributed by atoms with Crippen molar-refractivity contribution in [3.63, 3.8) is 0 Å². The van der Waals surface area contributed by atoms with E-state index in [4.69, 9.17) is 9.47 Å². The molecule has 0 aliphatic heterocycles. The molecular formula is C15H24O4. The number of para-hydroxylation sites is 1. The fourth-order valence-electron chi connectivity index (χ4n) is 1.66. The van der Waals surface area contributed by atoms with Crippen molar-refractivity contribution in [1.82, 2.24) is 0 Å². The zero-order valence-electron chi connectivity index (χ0n) is 11.7. The van der Waals surface area contributed by atoms with Crippen molar-refractivity contribution in [1.29, 1.82) is 0 Å². The van der Waals surface area contributed by atoms with Crippen LogP contribution in [0.3, 0.4) is 0 Å². The Balaban J connectivity index is 2.35. The second-order valence-electron chi connectivity index (χ2n) is 4.61. The topological polar surface area (TPSA) is 58.9 Å². The fourth-order valence-corrected chi connectivity index (χ4v) is 1.66. The van der Waals surface area contributed by atoms with E-state index in [1.54, 1.807) is 13.0 Å². The number of hydrogen-bond acceptors (Lipinski definition) is 4. The van der Waals surface area contributed by atoms with E-state index in [0.29, 0.717) is 12.4 Å². The maximum Gasteiger partial charge on any atom is 0.125 e. The summed E-state index contributed by atoms with van der Waals surface area (Å²) in [4.78, 5) is 0. The molecule has 0 amide bonds. The van der Waals surface area contributed by atoms with Crippen molar-refractivity contribution in [2.75, 3.05) is 19.8 Å². The van der Waals surface area contributed by atoms with E-state index < -0.39 is 12.2 Å². The summed E-state index contributed by atoms with van der Waals surface area (Å²) < 4.78 is 10.8. The molecule has 1 rings (SSSR count). The van der Waals surface area contributed by atoms with Gasteiger partial charge in [0.2, 0.25) is 0 Å². The van der Waals surface area contributed by atoms with E-state index in [1.165, 1.54) is 0 Å². The molecular weight excluding hydrogens is 244 g/mol. The Kier molecular flexibility index (Phi) is 7.48. The first kappa shape index (κ1) is 16.0. The molecule has 0 radical (unpaired) electrons. The zero-order chi connectivity index (χ0) is 14.1. The zero-order valence-corrected chi connectivity index (χ0v) is 11.7. The molecule has 0 saturated carbocycles. The number of aliphatic hydroxyl groups excluding tert-OH is 2. The molecule has 108 valence electrons. The minimum Gasteiger partial charge on any atom is -0.490 e. The summed E-state index contributed by atoms with van der Waals surface area (Å²) in [6, 6.07) is 7.28. The van der Waals surface area contributed by atoms with Crippen LogP contribution in [0.1, 0.15) is 38.4 Å². The highest BCUT2D eigenvalue weighted by atomic mass is 16.5. The molecule has 0 aliphatic rings. The molecule has 2 atom stereocenters. The van der Waals surface area contributed by atoms with Gasteiger partial charge in [-0.05, 0) is 19.4 Å². The van der Waals surface area contributed by atoms with Crippen molar-refractivity contribution < 1.29 is 19.7 Å². The largest absolute Gasteiger partial charge is 0.490 e. The van der Waals surface area contributed by atoms with Crippen LogP contribution >= 0.6 is 0 Å². The van der Waals surface area contributed by atoms with Gasteiger partial charge in [-0.25, -0.2) is 0 Å². The molecule has 19 heavy (non-hydrogen) atoms. The molecule has 1 aromatic rings. The lowest BCUT2D eigenvalue weighted by molar-refractivity contribution is 0.0107. The van der Waals surface area contributed by atoms with Crippen molar-refractivity contribution in [3.8, 4) is 5.75 Å². The average Bonchev–Trinajstić information content (AvgIpc) is 2.41. The molecule has 0 heterocycles. The average molecular weight is 268 g/mol. The third-order valence-corrected chi connectivity index (χ3v) is 2.75. The van der Waals surface area contributed by atoms with Gasteiger partial charge >= 0.3 is 0 Å². The van der Waals surface area contributed by atoms with Gasteiger partial charge in [-0.15, -0.1) is 0 Å². The Morgan fingerprint density at radius 3 is 2.58 bits per heavy atom. The van der Waals surface area contributed by atoms with Gasteiger partial charge in [0.15, 0.2) is 0 Å². The summed E-state index contributed by atoms with van der Waals surface area (Å²) in [6.07, 6.45) is 0.834. The van der Waals surface area contributed by atoms with Crippen LogP contribution < -0.4 is 4.74 Å². The van der Waals surface area contributed by atoms with Gasteiger partial charge in [-0.1, -0.05) is 31.5 Å². The van der Waals surface area contributed by atoms with Crippen LogP contribution in [0.15, 0.2) is 24.3 Å². The maximum atomic E-state index is 9.73. The minimum atomic E-state index is -0.654. The van der Waals surface area contributed by atoms with Crippen molar-refractivity contribution in [3.05, 3.63) is 29.8 Å². The molecule has 1 aromatic carbocycles. The van der Waals surface area contributed by atoms with E-state index in [-0.39, 0.29) is 13.2 Å². The number of hydrogen-bond donors (Lipinski definition) is 2. The Morgan fingerprint density at radius 2 is 1.89 bits per heavy atom. The molecule has 0 fully saturated rings. The van der Waals surface area contributed by atoms with E-state index in [1.807, 2.05) is 18.2 Å². The third kappa shape index (κ3) is 6.05. The van der Waals surface area contributed by atoms with Crippen LogP contribution in [0.5, 0.6) is 5.75 Å². The fraction of sp³-hybridized carbons (Fsp3) is 0.600. The highest BCUT2D eigenvalue weighted by Crippen LogP contribution is 2.24. The Bertz CT molecular complexity index is 352. The van der Waals surface area contributed by atoms with Gasteiger partial charge in [-0.2, -0.15) is 0 Å². The third-order valence-electron chi connectivity index (χ3n) is 2.75. The van der Waals surface area contributed by atoms with E-state index >= 15 is 0 Å². The highest BCUT2D eigenvalue weighted by Gasteiger charge is 2.10. The Hall–Kier alpha value is -1.10. The quantitative estimate of drug-likeness (QED) is 0.675. The summed E-state index contributed by atoms with van der Waals surface area (Å²) in [5.74, 6) is 0.602. The van der Waals surface area contributed by atoms with Crippen LogP contribution in [0.4, 0.5) is 0 Å². The number of benzene rings is 1. The van der Waals surface area contributed by atoms with Gasteiger partial charge in [0.1, 0.15) is 18.5 Å². The lowest BCUT2D eigenvalue weighted by Gasteiger charge is -2.16. The van der Waals surface area contributed by atoms with Crippen LogP contribution in [0, 0.1) is 0 Å². The maximum absolute atomic E-state index is 9.73. The first-order valence-electron chi connectivity index (χ1n) is 6.80. The molecule has 0 saturated heterocycles. The summed E-state index contributed by atoms with van der Waals surface area (Å²) in [7, 11) is 0. The number of rotatable bonds is 9. The molecule has 2 N–H and O–H groups in total. The van der Waals surface area contributed by atoms with Crippen LogP contribution in [0.25, 0.3) is 0 Å². The molecule has 1 unspecified atom stereocenters. The normalized spacial score (nSPS) is 14.1. The van der Waals surface area contributed by atoms with E-state index in [9.17, 15) is 10.2 Å². The van der Waals surface area contributed by atoms with Gasteiger partial charge in [0.05, 0.1) is 12.7 Å². The second kappa shape index (κ2) is 8.91. The standard InChI is InChI=1S/C15H24O4/c1-3-4-9-18-10-13(17)11-19-15-8-6-5-7-14(15)12(2)16/h5-8,12-13,16-17H,3-4,9-11H2,1-2H3/t12-,13?/m1/s1. The predicted octanol–water partition coefficient (Wildman–Crippen LogP) is 2.30. The van der Waals surface area contributed by atoms with Crippen LogP contribution in [-0.2, 0) is 4.74 Å². The number of ether oxygens (including phenoxy) is 2. The summed E-state index contributed by atoms with van der Waals surface area (Å²) in [5.41, 5.74) is 0.724. The molecule has 0 aromatic heterocycles. The lowest BCUT2D eigenvalue weighted by Crippen LogP contribution is -2.24. The van der Waals surface area contributed by atoms with Crippen molar-refractivity contribution >= 4 is 0 Å². The lowest BCUT2D eigenvalue weighted by atomic mass is 10.1. The molecule has 4 heteroatoms. The van der Waals surface area contributed by atoms with Crippen LogP contribution in [-0.4, -0.2) is 36.1 Å². The second-order valence-corrected chi connectivity index (χ2v) is 4.61. The number of aliphatic hydroxyl groups is 2. The SMILES string of the molecule is CCCCOCC(O)COc1ccccc1[C@@H](C)O. The van der Waals surface area contributed by atoms with Crippen molar-refractivity contribution in [2.24, 2.45) is 0 Å². The van der Waals surface area contributed by atoms with Gasteiger partial charge in [0, 0.05) is 12.2 Å². The van der Waals surface area contributed by atoms with Gasteiger partial charge in [0.25, 0.3) is 0 Å². The highest BCUT2D eigenvalue weighted by molar-refractivity contribution is 5.34. The first-order valence-corrected chi connectivity index (χ1v) is 6.80. The summed E-state index contributed by atoms with van der Waals surface area (Å²) in [5, 5.41) is 19.3.